The lowest BCUT2D eigenvalue weighted by atomic mass is 9.98. The molecule has 1 amide bonds. The summed E-state index contributed by atoms with van der Waals surface area (Å²) in [5.74, 6) is -0.402. The van der Waals surface area contributed by atoms with Crippen molar-refractivity contribution >= 4 is 22.6 Å². The second-order valence-corrected chi connectivity index (χ2v) is 5.48. The fourth-order valence-electron chi connectivity index (χ4n) is 3.03. The van der Waals surface area contributed by atoms with Crippen LogP contribution in [0.15, 0.2) is 36.7 Å². The largest absolute Gasteiger partial charge is 0.367 e. The maximum Gasteiger partial charge on any atom is 0.248 e. The number of hydrogen-bond acceptors (Lipinski definition) is 4. The number of rotatable bonds is 2. The van der Waals surface area contributed by atoms with Gasteiger partial charge in [0.25, 0.3) is 0 Å². The van der Waals surface area contributed by atoms with E-state index in [1.54, 1.807) is 6.07 Å². The molecule has 0 bridgehead atoms. The van der Waals surface area contributed by atoms with E-state index < -0.39 is 5.91 Å². The van der Waals surface area contributed by atoms with Gasteiger partial charge in [0.15, 0.2) is 5.65 Å². The predicted octanol–water partition coefficient (Wildman–Crippen LogP) is 1.62. The van der Waals surface area contributed by atoms with E-state index in [0.29, 0.717) is 5.56 Å². The van der Waals surface area contributed by atoms with Crippen LogP contribution in [0.4, 0.5) is 5.69 Å². The van der Waals surface area contributed by atoms with Gasteiger partial charge >= 0.3 is 0 Å². The Labute approximate surface area is 127 Å². The van der Waals surface area contributed by atoms with Gasteiger partial charge in [-0.15, -0.1) is 0 Å². The average Bonchev–Trinajstić information content (AvgIpc) is 3.03. The van der Waals surface area contributed by atoms with E-state index in [1.807, 2.05) is 30.6 Å². The Hall–Kier alpha value is -2.89. The van der Waals surface area contributed by atoms with Crippen LogP contribution >= 0.6 is 0 Å². The second kappa shape index (κ2) is 4.84. The Balaban J connectivity index is 1.69. The lowest BCUT2D eigenvalue weighted by Crippen LogP contribution is -2.30. The number of nitrogens with zero attached hydrogens (tertiary/aromatic N) is 3. The molecule has 0 atom stereocenters. The number of amides is 1. The summed E-state index contributed by atoms with van der Waals surface area (Å²) in [5.41, 5.74) is 10.2. The molecule has 0 fully saturated rings. The van der Waals surface area contributed by atoms with Crippen LogP contribution in [0.5, 0.6) is 0 Å². The first kappa shape index (κ1) is 12.8. The summed E-state index contributed by atoms with van der Waals surface area (Å²) in [5, 5.41) is 8.07. The highest BCUT2D eigenvalue weighted by atomic mass is 16.1. The standard InChI is InChI=1S/C16H15N5O/c17-15(22)10-2-1-3-12(6-10)21-5-4-13-11(9-21)7-18-16-14(13)8-19-20-16/h1-3,6-8H,4-5,9H2,(H2,17,22)(H,18,19,20). The zero-order chi connectivity index (χ0) is 15.1. The topological polar surface area (TPSA) is 87.9 Å². The van der Waals surface area contributed by atoms with Crippen LogP contribution < -0.4 is 10.6 Å². The molecule has 110 valence electrons. The monoisotopic (exact) mass is 293 g/mol. The summed E-state index contributed by atoms with van der Waals surface area (Å²) in [6.07, 6.45) is 4.67. The van der Waals surface area contributed by atoms with E-state index in [4.69, 9.17) is 5.73 Å². The molecule has 0 unspecified atom stereocenters. The zero-order valence-electron chi connectivity index (χ0n) is 11.9. The minimum atomic E-state index is -0.402. The first-order chi connectivity index (χ1) is 10.7. The van der Waals surface area contributed by atoms with Crippen molar-refractivity contribution in [2.45, 2.75) is 13.0 Å². The van der Waals surface area contributed by atoms with Crippen LogP contribution in [-0.2, 0) is 13.0 Å². The zero-order valence-corrected chi connectivity index (χ0v) is 11.9. The number of carbonyl (C=O) groups is 1. The number of anilines is 1. The molecular formula is C16H15N5O. The van der Waals surface area contributed by atoms with Gasteiger partial charge in [-0.05, 0) is 35.7 Å². The van der Waals surface area contributed by atoms with Crippen molar-refractivity contribution in [1.82, 2.24) is 15.2 Å². The van der Waals surface area contributed by atoms with E-state index in [0.717, 1.165) is 36.2 Å². The molecule has 6 heteroatoms. The van der Waals surface area contributed by atoms with Crippen LogP contribution in [0.1, 0.15) is 21.5 Å². The Morgan fingerprint density at radius 1 is 1.32 bits per heavy atom. The predicted molar refractivity (Wildman–Crippen MR) is 83.6 cm³/mol. The van der Waals surface area contributed by atoms with Crippen LogP contribution in [-0.4, -0.2) is 27.6 Å². The number of H-pyrrole nitrogens is 1. The summed E-state index contributed by atoms with van der Waals surface area (Å²) in [4.78, 5) is 18.0. The van der Waals surface area contributed by atoms with Crippen LogP contribution in [0.25, 0.3) is 11.0 Å². The third kappa shape index (κ3) is 2.00. The van der Waals surface area contributed by atoms with E-state index >= 15 is 0 Å². The maximum absolute atomic E-state index is 11.3. The normalized spacial score (nSPS) is 14.1. The summed E-state index contributed by atoms with van der Waals surface area (Å²) in [6, 6.07) is 7.45. The lowest BCUT2D eigenvalue weighted by molar-refractivity contribution is 0.100. The van der Waals surface area contributed by atoms with Crippen LogP contribution in [0.3, 0.4) is 0 Å². The maximum atomic E-state index is 11.3. The molecule has 0 saturated heterocycles. The number of carbonyl (C=O) groups excluding carboxylic acids is 1. The Morgan fingerprint density at radius 2 is 2.23 bits per heavy atom. The van der Waals surface area contributed by atoms with Crippen molar-refractivity contribution in [2.24, 2.45) is 5.73 Å². The number of aromatic nitrogens is 3. The summed E-state index contributed by atoms with van der Waals surface area (Å²) in [6.45, 7) is 1.66. The number of nitrogens with one attached hydrogen (secondary N) is 1. The number of primary amides is 1. The smallest absolute Gasteiger partial charge is 0.248 e. The van der Waals surface area contributed by atoms with Crippen molar-refractivity contribution in [3.8, 4) is 0 Å². The summed E-state index contributed by atoms with van der Waals surface area (Å²) < 4.78 is 0. The number of pyridine rings is 1. The molecule has 1 aromatic carbocycles. The highest BCUT2D eigenvalue weighted by Gasteiger charge is 2.20. The molecule has 3 aromatic rings. The molecule has 22 heavy (non-hydrogen) atoms. The van der Waals surface area contributed by atoms with Gasteiger partial charge in [0.1, 0.15) is 0 Å². The molecule has 3 N–H and O–H groups in total. The Bertz CT molecular complexity index is 870. The second-order valence-electron chi connectivity index (χ2n) is 5.48. The van der Waals surface area contributed by atoms with Gasteiger partial charge in [0.05, 0.1) is 6.20 Å². The van der Waals surface area contributed by atoms with Gasteiger partial charge in [-0.25, -0.2) is 4.98 Å². The molecule has 0 radical (unpaired) electrons. The van der Waals surface area contributed by atoms with Crippen molar-refractivity contribution in [3.63, 3.8) is 0 Å². The van der Waals surface area contributed by atoms with Gasteiger partial charge in [-0.3, -0.25) is 9.89 Å². The third-order valence-electron chi connectivity index (χ3n) is 4.17. The van der Waals surface area contributed by atoms with E-state index in [1.165, 1.54) is 11.1 Å². The molecule has 1 aliphatic rings. The van der Waals surface area contributed by atoms with Crippen molar-refractivity contribution in [3.05, 3.63) is 53.3 Å². The van der Waals surface area contributed by atoms with Gasteiger partial charge in [0, 0.05) is 35.9 Å². The number of aromatic amines is 1. The van der Waals surface area contributed by atoms with Crippen molar-refractivity contribution in [1.29, 1.82) is 0 Å². The number of hydrogen-bond donors (Lipinski definition) is 2. The molecule has 6 nitrogen and oxygen atoms in total. The fraction of sp³-hybridized carbons (Fsp3) is 0.188. The van der Waals surface area contributed by atoms with E-state index in [-0.39, 0.29) is 0 Å². The number of fused-ring (bicyclic) bond motifs is 3. The Kier molecular flexibility index (Phi) is 2.82. The molecule has 0 spiro atoms. The van der Waals surface area contributed by atoms with E-state index in [9.17, 15) is 4.79 Å². The van der Waals surface area contributed by atoms with Crippen molar-refractivity contribution in [2.75, 3.05) is 11.4 Å². The minimum Gasteiger partial charge on any atom is -0.367 e. The minimum absolute atomic E-state index is 0.402. The first-order valence-corrected chi connectivity index (χ1v) is 7.17. The first-order valence-electron chi connectivity index (χ1n) is 7.17. The molecule has 1 aliphatic heterocycles. The lowest BCUT2D eigenvalue weighted by Gasteiger charge is -2.31. The fourth-order valence-corrected chi connectivity index (χ4v) is 3.03. The van der Waals surface area contributed by atoms with Gasteiger partial charge in [0.2, 0.25) is 5.91 Å². The average molecular weight is 293 g/mol. The van der Waals surface area contributed by atoms with Gasteiger partial charge < -0.3 is 10.6 Å². The highest BCUT2D eigenvalue weighted by Crippen LogP contribution is 2.28. The van der Waals surface area contributed by atoms with Gasteiger partial charge in [-0.1, -0.05) is 6.07 Å². The summed E-state index contributed by atoms with van der Waals surface area (Å²) in [7, 11) is 0. The molecule has 3 heterocycles. The van der Waals surface area contributed by atoms with Gasteiger partial charge in [-0.2, -0.15) is 5.10 Å². The van der Waals surface area contributed by atoms with Crippen LogP contribution in [0.2, 0.25) is 0 Å². The van der Waals surface area contributed by atoms with Crippen molar-refractivity contribution < 1.29 is 4.79 Å². The van der Waals surface area contributed by atoms with E-state index in [2.05, 4.69) is 20.1 Å². The Morgan fingerprint density at radius 3 is 3.09 bits per heavy atom. The van der Waals surface area contributed by atoms with Crippen LogP contribution in [0, 0.1) is 0 Å². The molecule has 2 aromatic heterocycles. The third-order valence-corrected chi connectivity index (χ3v) is 4.17. The quantitative estimate of drug-likeness (QED) is 0.751. The SMILES string of the molecule is NC(=O)c1cccc(N2CCc3c(cnc4[nH]ncc34)C2)c1. The molecule has 0 aliphatic carbocycles. The number of nitrogens with two attached hydrogens (primary N) is 1. The molecule has 0 saturated carbocycles. The number of benzene rings is 1. The molecule has 4 rings (SSSR count). The summed E-state index contributed by atoms with van der Waals surface area (Å²) >= 11 is 0. The highest BCUT2D eigenvalue weighted by molar-refractivity contribution is 5.93. The molecular weight excluding hydrogens is 278 g/mol.